The van der Waals surface area contributed by atoms with Gasteiger partial charge in [0.05, 0.1) is 26.3 Å². The molecule has 2 aliphatic heterocycles. The van der Waals surface area contributed by atoms with E-state index in [-0.39, 0.29) is 12.1 Å². The molecule has 34 heavy (non-hydrogen) atoms. The first kappa shape index (κ1) is 21.9. The highest BCUT2D eigenvalue weighted by Gasteiger charge is 2.26. The van der Waals surface area contributed by atoms with Gasteiger partial charge in [-0.05, 0) is 18.2 Å². The Morgan fingerprint density at radius 3 is 2.56 bits per heavy atom. The minimum absolute atomic E-state index is 0.110. The quantitative estimate of drug-likeness (QED) is 0.613. The number of amides is 2. The number of methoxy groups -OCH3 is 2. The molecule has 2 amide bonds. The molecule has 1 aromatic heterocycles. The average Bonchev–Trinajstić information content (AvgIpc) is 2.90. The molecule has 0 saturated carbocycles. The number of hydrogen-bond donors (Lipinski definition) is 1. The summed E-state index contributed by atoms with van der Waals surface area (Å²) >= 11 is 0. The van der Waals surface area contributed by atoms with E-state index >= 15 is 0 Å². The highest BCUT2D eigenvalue weighted by molar-refractivity contribution is 5.92. The van der Waals surface area contributed by atoms with E-state index in [0.717, 1.165) is 22.5 Å². The third kappa shape index (κ3) is 4.30. The van der Waals surface area contributed by atoms with Gasteiger partial charge in [0.15, 0.2) is 29.1 Å². The molecule has 2 aromatic carbocycles. The van der Waals surface area contributed by atoms with Crippen LogP contribution in [0.4, 0.5) is 10.6 Å². The standard InChI is InChI=1S/C24H27N5O5/c1-31-21-11-17-18(12-22(21)32-2)26-15-27-23(17)28-7-9-29(10-8-28)24(30)25-13-16-14-33-19-5-3-4-6-20(19)34-16/h3-6,11-12,15-16H,7-10,13-14H2,1-2H3,(H,25,30). The highest BCUT2D eigenvalue weighted by atomic mass is 16.6. The van der Waals surface area contributed by atoms with E-state index in [1.807, 2.05) is 36.4 Å². The molecule has 3 aromatic rings. The zero-order valence-electron chi connectivity index (χ0n) is 19.2. The topological polar surface area (TPSA) is 98.3 Å². The van der Waals surface area contributed by atoms with Crippen LogP contribution < -0.4 is 29.2 Å². The minimum Gasteiger partial charge on any atom is -0.493 e. The molecule has 10 nitrogen and oxygen atoms in total. The second-order valence-electron chi connectivity index (χ2n) is 8.08. The van der Waals surface area contributed by atoms with E-state index in [1.165, 1.54) is 0 Å². The molecule has 178 valence electrons. The Bertz CT molecular complexity index is 1180. The number of nitrogens with zero attached hydrogens (tertiary/aromatic N) is 4. The molecule has 0 aliphatic carbocycles. The van der Waals surface area contributed by atoms with Gasteiger partial charge in [0.25, 0.3) is 0 Å². The number of anilines is 1. The Hall–Kier alpha value is -3.95. The molecule has 1 saturated heterocycles. The zero-order chi connectivity index (χ0) is 23.5. The monoisotopic (exact) mass is 465 g/mol. The van der Waals surface area contributed by atoms with Crippen LogP contribution in [0.15, 0.2) is 42.7 Å². The number of urea groups is 1. The molecule has 1 unspecified atom stereocenters. The van der Waals surface area contributed by atoms with Gasteiger partial charge in [-0.25, -0.2) is 14.8 Å². The molecule has 0 radical (unpaired) electrons. The molecule has 0 spiro atoms. The van der Waals surface area contributed by atoms with Gasteiger partial charge >= 0.3 is 6.03 Å². The smallest absolute Gasteiger partial charge is 0.317 e. The van der Waals surface area contributed by atoms with Gasteiger partial charge in [0.2, 0.25) is 0 Å². The van der Waals surface area contributed by atoms with E-state index in [4.69, 9.17) is 18.9 Å². The molecule has 1 N–H and O–H groups in total. The number of aromatic nitrogens is 2. The Balaban J connectivity index is 1.19. The molecule has 3 heterocycles. The van der Waals surface area contributed by atoms with Gasteiger partial charge in [0, 0.05) is 37.6 Å². The van der Waals surface area contributed by atoms with E-state index in [1.54, 1.807) is 25.4 Å². The summed E-state index contributed by atoms with van der Waals surface area (Å²) in [7, 11) is 3.20. The molecule has 1 atom stereocenters. The van der Waals surface area contributed by atoms with Crippen LogP contribution in [0.25, 0.3) is 10.9 Å². The summed E-state index contributed by atoms with van der Waals surface area (Å²) in [6.07, 6.45) is 1.33. The highest BCUT2D eigenvalue weighted by Crippen LogP contribution is 2.35. The molecule has 2 aliphatic rings. The molecule has 1 fully saturated rings. The number of piperazine rings is 1. The Morgan fingerprint density at radius 1 is 1.06 bits per heavy atom. The third-order valence-corrected chi connectivity index (χ3v) is 6.03. The SMILES string of the molecule is COc1cc2ncnc(N3CCN(C(=O)NCC4COc5ccccc5O4)CC3)c2cc1OC. The second kappa shape index (κ2) is 9.50. The molecular formula is C24H27N5O5. The maximum atomic E-state index is 12.7. The number of fused-ring (bicyclic) bond motifs is 2. The van der Waals surface area contributed by atoms with E-state index in [0.29, 0.717) is 56.6 Å². The number of ether oxygens (including phenoxy) is 4. The van der Waals surface area contributed by atoms with Gasteiger partial charge in [-0.2, -0.15) is 0 Å². The van der Waals surface area contributed by atoms with Crippen LogP contribution in [-0.4, -0.2) is 80.6 Å². The summed E-state index contributed by atoms with van der Waals surface area (Å²) in [5.41, 5.74) is 0.777. The van der Waals surface area contributed by atoms with Crippen molar-refractivity contribution in [2.24, 2.45) is 0 Å². The largest absolute Gasteiger partial charge is 0.493 e. The number of hydrogen-bond acceptors (Lipinski definition) is 8. The predicted octanol–water partition coefficient (Wildman–Crippen LogP) is 2.32. The van der Waals surface area contributed by atoms with Crippen LogP contribution in [0.3, 0.4) is 0 Å². The van der Waals surface area contributed by atoms with Crippen molar-refractivity contribution in [3.05, 3.63) is 42.7 Å². The van der Waals surface area contributed by atoms with Gasteiger partial charge in [-0.1, -0.05) is 12.1 Å². The van der Waals surface area contributed by atoms with Crippen molar-refractivity contribution in [3.8, 4) is 23.0 Å². The lowest BCUT2D eigenvalue weighted by atomic mass is 10.2. The van der Waals surface area contributed by atoms with Gasteiger partial charge < -0.3 is 34.1 Å². The van der Waals surface area contributed by atoms with Crippen molar-refractivity contribution in [2.45, 2.75) is 6.10 Å². The second-order valence-corrected chi connectivity index (χ2v) is 8.08. The zero-order valence-corrected chi connectivity index (χ0v) is 19.2. The lowest BCUT2D eigenvalue weighted by Crippen LogP contribution is -2.53. The van der Waals surface area contributed by atoms with Gasteiger partial charge in [0.1, 0.15) is 18.8 Å². The number of carbonyl (C=O) groups excluding carboxylic acids is 1. The van der Waals surface area contributed by atoms with Crippen LogP contribution >= 0.6 is 0 Å². The van der Waals surface area contributed by atoms with Crippen LogP contribution in [-0.2, 0) is 0 Å². The fraction of sp³-hybridized carbons (Fsp3) is 0.375. The number of nitrogens with one attached hydrogen (secondary N) is 1. The van der Waals surface area contributed by atoms with Crippen LogP contribution in [0.2, 0.25) is 0 Å². The molecule has 0 bridgehead atoms. The number of carbonyl (C=O) groups is 1. The molecule has 5 rings (SSSR count). The summed E-state index contributed by atoms with van der Waals surface area (Å²) in [5.74, 6) is 3.50. The van der Waals surface area contributed by atoms with Crippen LogP contribution in [0.5, 0.6) is 23.0 Å². The summed E-state index contributed by atoms with van der Waals surface area (Å²) in [6.45, 7) is 3.26. The maximum Gasteiger partial charge on any atom is 0.317 e. The lowest BCUT2D eigenvalue weighted by Gasteiger charge is -2.36. The van der Waals surface area contributed by atoms with Crippen molar-refractivity contribution in [3.63, 3.8) is 0 Å². The van der Waals surface area contributed by atoms with Gasteiger partial charge in [-0.3, -0.25) is 0 Å². The molecular weight excluding hydrogens is 438 g/mol. The summed E-state index contributed by atoms with van der Waals surface area (Å²) in [4.78, 5) is 25.6. The summed E-state index contributed by atoms with van der Waals surface area (Å²) < 4.78 is 22.5. The normalized spacial score (nSPS) is 17.4. The Labute approximate surface area is 197 Å². The van der Waals surface area contributed by atoms with Crippen LogP contribution in [0.1, 0.15) is 0 Å². The van der Waals surface area contributed by atoms with Gasteiger partial charge in [-0.15, -0.1) is 0 Å². The Morgan fingerprint density at radius 2 is 1.79 bits per heavy atom. The third-order valence-electron chi connectivity index (χ3n) is 6.03. The van der Waals surface area contributed by atoms with E-state index in [9.17, 15) is 4.79 Å². The van der Waals surface area contributed by atoms with Crippen molar-refractivity contribution < 1.29 is 23.7 Å². The maximum absolute atomic E-state index is 12.7. The van der Waals surface area contributed by atoms with E-state index in [2.05, 4.69) is 20.2 Å². The fourth-order valence-electron chi connectivity index (χ4n) is 4.22. The first-order valence-electron chi connectivity index (χ1n) is 11.2. The average molecular weight is 466 g/mol. The van der Waals surface area contributed by atoms with Crippen molar-refractivity contribution in [1.82, 2.24) is 20.2 Å². The first-order chi connectivity index (χ1) is 16.7. The summed E-state index contributed by atoms with van der Waals surface area (Å²) in [6, 6.07) is 11.2. The predicted molar refractivity (Wildman–Crippen MR) is 126 cm³/mol. The fourth-order valence-corrected chi connectivity index (χ4v) is 4.22. The molecule has 10 heteroatoms. The van der Waals surface area contributed by atoms with Crippen molar-refractivity contribution >= 4 is 22.8 Å². The lowest BCUT2D eigenvalue weighted by molar-refractivity contribution is 0.0900. The van der Waals surface area contributed by atoms with Crippen molar-refractivity contribution in [2.75, 3.05) is 58.5 Å². The Kier molecular flexibility index (Phi) is 6.11. The van der Waals surface area contributed by atoms with Crippen LogP contribution in [0, 0.1) is 0 Å². The number of rotatable bonds is 5. The summed E-state index contributed by atoms with van der Waals surface area (Å²) in [5, 5.41) is 3.85. The minimum atomic E-state index is -0.223. The van der Waals surface area contributed by atoms with Crippen molar-refractivity contribution in [1.29, 1.82) is 0 Å². The van der Waals surface area contributed by atoms with E-state index < -0.39 is 0 Å². The number of para-hydroxylation sites is 2. The first-order valence-corrected chi connectivity index (χ1v) is 11.2. The number of benzene rings is 2.